The Hall–Kier alpha value is -0.550. The minimum absolute atomic E-state index is 0. The van der Waals surface area contributed by atoms with E-state index in [-0.39, 0.29) is 29.9 Å². The second-order valence-electron chi connectivity index (χ2n) is 7.27. The molecule has 6 nitrogen and oxygen atoms in total. The molecular weight excluding hydrogens is 505 g/mol. The van der Waals surface area contributed by atoms with Gasteiger partial charge in [-0.3, -0.25) is 9.79 Å². The number of nitrogens with one attached hydrogen (secondary N) is 2. The number of thioether (sulfide) groups is 1. The molecule has 1 aromatic rings. The fourth-order valence-corrected chi connectivity index (χ4v) is 6.17. The Balaban J connectivity index is 0.00000280. The zero-order valence-electron chi connectivity index (χ0n) is 16.8. The highest BCUT2D eigenvalue weighted by Gasteiger charge is 2.38. The molecule has 1 spiro atoms. The minimum Gasteiger partial charge on any atom is -0.357 e. The van der Waals surface area contributed by atoms with Crippen LogP contribution in [0.4, 0.5) is 0 Å². The largest absolute Gasteiger partial charge is 0.357 e. The Morgan fingerprint density at radius 1 is 1.32 bits per heavy atom. The van der Waals surface area contributed by atoms with E-state index in [2.05, 4.69) is 39.2 Å². The van der Waals surface area contributed by atoms with Crippen LogP contribution >= 0.6 is 47.1 Å². The standard InChI is InChI=1S/C19H31N5OS2.HI/c1-3-20-18(22-10-9-21-17(25)16-15(2)23-14-26-16)24-11-12-27-19(13-24)7-5-4-6-8-19;/h14H,3-13H2,1-2H3,(H,20,22)(H,21,25);1H. The summed E-state index contributed by atoms with van der Waals surface area (Å²) in [4.78, 5) is 24.2. The summed E-state index contributed by atoms with van der Waals surface area (Å²) in [6.07, 6.45) is 6.76. The van der Waals surface area contributed by atoms with Gasteiger partial charge in [-0.15, -0.1) is 35.3 Å². The van der Waals surface area contributed by atoms with E-state index in [1.54, 1.807) is 5.51 Å². The van der Waals surface area contributed by atoms with Crippen LogP contribution < -0.4 is 10.6 Å². The summed E-state index contributed by atoms with van der Waals surface area (Å²) in [6.45, 7) is 8.10. The van der Waals surface area contributed by atoms with E-state index in [1.807, 2.05) is 6.92 Å². The van der Waals surface area contributed by atoms with Gasteiger partial charge in [0, 0.05) is 36.7 Å². The van der Waals surface area contributed by atoms with Crippen LogP contribution in [0.3, 0.4) is 0 Å². The van der Waals surface area contributed by atoms with Gasteiger partial charge in [0.2, 0.25) is 0 Å². The number of carbonyl (C=O) groups is 1. The van der Waals surface area contributed by atoms with Crippen LogP contribution in [0.25, 0.3) is 0 Å². The number of thiazole rings is 1. The van der Waals surface area contributed by atoms with Crippen LogP contribution in [0.1, 0.15) is 54.4 Å². The molecule has 2 fully saturated rings. The van der Waals surface area contributed by atoms with Gasteiger partial charge in [-0.1, -0.05) is 19.3 Å². The molecule has 1 saturated carbocycles. The van der Waals surface area contributed by atoms with E-state index in [0.717, 1.165) is 31.3 Å². The lowest BCUT2D eigenvalue weighted by atomic mass is 9.87. The predicted octanol–water partition coefficient (Wildman–Crippen LogP) is 3.52. The number of nitrogens with zero attached hydrogens (tertiary/aromatic N) is 3. The maximum atomic E-state index is 12.2. The van der Waals surface area contributed by atoms with Crippen molar-refractivity contribution in [3.8, 4) is 0 Å². The molecule has 28 heavy (non-hydrogen) atoms. The lowest BCUT2D eigenvalue weighted by Crippen LogP contribution is -2.53. The Morgan fingerprint density at radius 2 is 2.11 bits per heavy atom. The first kappa shape index (κ1) is 23.7. The molecule has 1 aliphatic heterocycles. The molecule has 1 saturated heterocycles. The molecule has 0 unspecified atom stereocenters. The SMILES string of the molecule is CCNC(=NCCNC(=O)c1scnc1C)N1CCSC2(CCCCC2)C1.I. The van der Waals surface area contributed by atoms with Crippen molar-refractivity contribution in [2.24, 2.45) is 4.99 Å². The first-order valence-electron chi connectivity index (χ1n) is 9.99. The van der Waals surface area contributed by atoms with Crippen molar-refractivity contribution in [2.75, 3.05) is 38.5 Å². The van der Waals surface area contributed by atoms with Crippen LogP contribution in [0.2, 0.25) is 0 Å². The summed E-state index contributed by atoms with van der Waals surface area (Å²) in [6, 6.07) is 0. The normalized spacial score (nSPS) is 19.2. The second-order valence-corrected chi connectivity index (χ2v) is 9.69. The van der Waals surface area contributed by atoms with Gasteiger partial charge in [0.1, 0.15) is 4.88 Å². The van der Waals surface area contributed by atoms with Crippen molar-refractivity contribution in [3.63, 3.8) is 0 Å². The van der Waals surface area contributed by atoms with Crippen LogP contribution in [-0.2, 0) is 0 Å². The van der Waals surface area contributed by atoms with E-state index < -0.39 is 0 Å². The van der Waals surface area contributed by atoms with Gasteiger partial charge in [0.05, 0.1) is 17.7 Å². The highest BCUT2D eigenvalue weighted by atomic mass is 127. The van der Waals surface area contributed by atoms with Crippen LogP contribution in [0, 0.1) is 6.92 Å². The van der Waals surface area contributed by atoms with Gasteiger partial charge in [0.25, 0.3) is 5.91 Å². The molecule has 3 rings (SSSR count). The van der Waals surface area contributed by atoms with Crippen molar-refractivity contribution >= 4 is 58.9 Å². The van der Waals surface area contributed by atoms with Gasteiger partial charge in [-0.25, -0.2) is 4.98 Å². The maximum absolute atomic E-state index is 12.2. The van der Waals surface area contributed by atoms with Crippen LogP contribution in [-0.4, -0.2) is 65.0 Å². The number of rotatable bonds is 5. The maximum Gasteiger partial charge on any atom is 0.263 e. The van der Waals surface area contributed by atoms with Crippen molar-refractivity contribution in [2.45, 2.75) is 50.7 Å². The molecule has 1 aliphatic carbocycles. The quantitative estimate of drug-likeness (QED) is 0.261. The fourth-order valence-electron chi connectivity index (χ4n) is 3.88. The van der Waals surface area contributed by atoms with Gasteiger partial charge in [-0.2, -0.15) is 11.8 Å². The number of aliphatic imine (C=N–C) groups is 1. The molecule has 0 atom stereocenters. The lowest BCUT2D eigenvalue weighted by Gasteiger charge is -2.45. The first-order chi connectivity index (χ1) is 13.1. The molecule has 0 radical (unpaired) electrons. The number of carbonyl (C=O) groups excluding carboxylic acids is 1. The Morgan fingerprint density at radius 3 is 2.79 bits per heavy atom. The van der Waals surface area contributed by atoms with Gasteiger partial charge in [-0.05, 0) is 26.7 Å². The van der Waals surface area contributed by atoms with Crippen LogP contribution in [0.15, 0.2) is 10.5 Å². The predicted molar refractivity (Wildman–Crippen MR) is 130 cm³/mol. The summed E-state index contributed by atoms with van der Waals surface area (Å²) >= 11 is 3.55. The molecule has 2 N–H and O–H groups in total. The topological polar surface area (TPSA) is 69.6 Å². The summed E-state index contributed by atoms with van der Waals surface area (Å²) in [5, 5.41) is 6.40. The third kappa shape index (κ3) is 6.22. The molecular formula is C19H32IN5OS2. The second kappa shape index (κ2) is 11.6. The number of hydrogen-bond acceptors (Lipinski definition) is 5. The number of aromatic nitrogens is 1. The van der Waals surface area contributed by atoms with E-state index in [4.69, 9.17) is 4.99 Å². The minimum atomic E-state index is -0.0502. The van der Waals surface area contributed by atoms with Crippen molar-refractivity contribution < 1.29 is 4.79 Å². The summed E-state index contributed by atoms with van der Waals surface area (Å²) < 4.78 is 0.421. The van der Waals surface area contributed by atoms with E-state index in [0.29, 0.717) is 22.7 Å². The summed E-state index contributed by atoms with van der Waals surface area (Å²) in [5.41, 5.74) is 2.50. The number of aryl methyl sites for hydroxylation is 1. The third-order valence-corrected chi connectivity index (χ3v) is 7.72. The summed E-state index contributed by atoms with van der Waals surface area (Å²) in [7, 11) is 0. The first-order valence-corrected chi connectivity index (χ1v) is 11.9. The fraction of sp³-hybridized carbons (Fsp3) is 0.737. The monoisotopic (exact) mass is 537 g/mol. The van der Waals surface area contributed by atoms with E-state index in [1.165, 1.54) is 49.2 Å². The summed E-state index contributed by atoms with van der Waals surface area (Å²) in [5.74, 6) is 2.11. The zero-order valence-corrected chi connectivity index (χ0v) is 20.8. The smallest absolute Gasteiger partial charge is 0.263 e. The number of halogens is 1. The van der Waals surface area contributed by atoms with Gasteiger partial charge in [0.15, 0.2) is 5.96 Å². The van der Waals surface area contributed by atoms with Gasteiger partial charge >= 0.3 is 0 Å². The molecule has 2 heterocycles. The van der Waals surface area contributed by atoms with Crippen LogP contribution in [0.5, 0.6) is 0 Å². The lowest BCUT2D eigenvalue weighted by molar-refractivity contribution is 0.0958. The number of hydrogen-bond donors (Lipinski definition) is 2. The van der Waals surface area contributed by atoms with Crippen molar-refractivity contribution in [1.82, 2.24) is 20.5 Å². The van der Waals surface area contributed by atoms with Crippen molar-refractivity contribution in [1.29, 1.82) is 0 Å². The Labute approximate surface area is 193 Å². The third-order valence-electron chi connectivity index (χ3n) is 5.26. The Bertz CT molecular complexity index is 655. The molecule has 158 valence electrons. The Kier molecular flexibility index (Phi) is 9.82. The average molecular weight is 538 g/mol. The van der Waals surface area contributed by atoms with E-state index >= 15 is 0 Å². The molecule has 1 amide bonds. The number of guanidine groups is 1. The highest BCUT2D eigenvalue weighted by Crippen LogP contribution is 2.42. The molecule has 0 aromatic carbocycles. The average Bonchev–Trinajstić information content (AvgIpc) is 3.11. The molecule has 1 aromatic heterocycles. The van der Waals surface area contributed by atoms with Gasteiger partial charge < -0.3 is 15.5 Å². The highest BCUT2D eigenvalue weighted by molar-refractivity contribution is 14.0. The number of amides is 1. The van der Waals surface area contributed by atoms with E-state index in [9.17, 15) is 4.79 Å². The van der Waals surface area contributed by atoms with Crippen molar-refractivity contribution in [3.05, 3.63) is 16.1 Å². The molecule has 0 bridgehead atoms. The molecule has 2 aliphatic rings. The molecule has 9 heteroatoms. The zero-order chi connectivity index (χ0) is 19.1.